The monoisotopic (exact) mass is 305 g/mol. The van der Waals surface area contributed by atoms with E-state index < -0.39 is 26.4 Å². The van der Waals surface area contributed by atoms with Crippen LogP contribution in [0.15, 0.2) is 17.0 Å². The van der Waals surface area contributed by atoms with Crippen LogP contribution in [0, 0.1) is 17.6 Å². The highest BCUT2D eigenvalue weighted by molar-refractivity contribution is 7.91. The van der Waals surface area contributed by atoms with Crippen molar-refractivity contribution in [3.05, 3.63) is 23.8 Å². The summed E-state index contributed by atoms with van der Waals surface area (Å²) in [5.74, 6) is -2.56. The van der Waals surface area contributed by atoms with Gasteiger partial charge in [0.2, 0.25) is 0 Å². The molecular weight excluding hydrogens is 284 g/mol. The van der Waals surface area contributed by atoms with E-state index in [1.54, 1.807) is 0 Å². The quantitative estimate of drug-likeness (QED) is 0.784. The van der Waals surface area contributed by atoms with Crippen molar-refractivity contribution in [2.75, 3.05) is 11.5 Å². The molecular formula is C14H21F2NO2S. The van der Waals surface area contributed by atoms with Gasteiger partial charge in [0.05, 0.1) is 5.75 Å². The highest BCUT2D eigenvalue weighted by atomic mass is 32.2. The maximum absolute atomic E-state index is 13.7. The third-order valence-electron chi connectivity index (χ3n) is 3.33. The van der Waals surface area contributed by atoms with E-state index in [0.717, 1.165) is 31.4 Å². The third-order valence-corrected chi connectivity index (χ3v) is 5.25. The van der Waals surface area contributed by atoms with Gasteiger partial charge >= 0.3 is 0 Å². The van der Waals surface area contributed by atoms with Gasteiger partial charge in [-0.15, -0.1) is 0 Å². The van der Waals surface area contributed by atoms with Gasteiger partial charge in [-0.05, 0) is 24.5 Å². The molecule has 0 saturated heterocycles. The van der Waals surface area contributed by atoms with Gasteiger partial charge in [-0.1, -0.05) is 33.1 Å². The molecule has 3 nitrogen and oxygen atoms in total. The summed E-state index contributed by atoms with van der Waals surface area (Å²) in [6.45, 7) is 3.89. The molecule has 0 aliphatic carbocycles. The maximum atomic E-state index is 13.7. The Balaban J connectivity index is 3.05. The lowest BCUT2D eigenvalue weighted by Crippen LogP contribution is -2.18. The second-order valence-electron chi connectivity index (χ2n) is 5.01. The van der Waals surface area contributed by atoms with Gasteiger partial charge in [0.15, 0.2) is 9.84 Å². The normalized spacial score (nSPS) is 13.4. The van der Waals surface area contributed by atoms with Crippen LogP contribution in [0.4, 0.5) is 14.5 Å². The van der Waals surface area contributed by atoms with Gasteiger partial charge < -0.3 is 5.73 Å². The van der Waals surface area contributed by atoms with E-state index in [4.69, 9.17) is 5.73 Å². The lowest BCUT2D eigenvalue weighted by Gasteiger charge is -2.15. The van der Waals surface area contributed by atoms with Crippen molar-refractivity contribution >= 4 is 15.5 Å². The molecule has 0 radical (unpaired) electrons. The van der Waals surface area contributed by atoms with Gasteiger partial charge in [0.25, 0.3) is 0 Å². The summed E-state index contributed by atoms with van der Waals surface area (Å²) >= 11 is 0. The summed E-state index contributed by atoms with van der Waals surface area (Å²) < 4.78 is 51.8. The number of nitrogen functional groups attached to an aromatic ring is 1. The molecule has 0 spiro atoms. The first-order valence-corrected chi connectivity index (χ1v) is 8.44. The molecule has 2 N–H and O–H groups in total. The average molecular weight is 305 g/mol. The summed E-state index contributed by atoms with van der Waals surface area (Å²) in [6, 6.07) is 1.67. The van der Waals surface area contributed by atoms with E-state index in [9.17, 15) is 17.2 Å². The molecule has 0 bridgehead atoms. The molecule has 20 heavy (non-hydrogen) atoms. The zero-order valence-electron chi connectivity index (χ0n) is 11.8. The third kappa shape index (κ3) is 4.16. The lowest BCUT2D eigenvalue weighted by atomic mass is 10.0. The first kappa shape index (κ1) is 16.9. The maximum Gasteiger partial charge on any atom is 0.184 e. The Labute approximate surface area is 119 Å². The highest BCUT2D eigenvalue weighted by Gasteiger charge is 2.27. The topological polar surface area (TPSA) is 60.2 Å². The number of nitrogens with two attached hydrogens (primary N) is 1. The Morgan fingerprint density at radius 1 is 1.20 bits per heavy atom. The molecule has 1 aromatic carbocycles. The molecule has 0 amide bonds. The van der Waals surface area contributed by atoms with Crippen LogP contribution in [-0.2, 0) is 9.84 Å². The minimum Gasteiger partial charge on any atom is -0.399 e. The van der Waals surface area contributed by atoms with Gasteiger partial charge in [0, 0.05) is 5.69 Å². The molecule has 1 rings (SSSR count). The number of unbranched alkanes of at least 4 members (excludes halogenated alkanes) is 1. The van der Waals surface area contributed by atoms with Crippen LogP contribution in [0.2, 0.25) is 0 Å². The number of benzene rings is 1. The summed E-state index contributed by atoms with van der Waals surface area (Å²) in [5, 5.41) is 0. The molecule has 0 saturated carbocycles. The van der Waals surface area contributed by atoms with Crippen LogP contribution in [0.25, 0.3) is 0 Å². The van der Waals surface area contributed by atoms with Crippen LogP contribution in [0.1, 0.15) is 39.5 Å². The van der Waals surface area contributed by atoms with E-state index in [2.05, 4.69) is 0 Å². The standard InChI is InChI=1S/C14H21F2NO2S/c1-3-5-6-10(4-2)9-20(18,19)14-12(15)7-11(17)8-13(14)16/h7-8,10H,3-6,9,17H2,1-2H3. The molecule has 0 aromatic heterocycles. The minimum absolute atomic E-state index is 0.0868. The summed E-state index contributed by atoms with van der Waals surface area (Å²) in [5.41, 5.74) is 5.16. The summed E-state index contributed by atoms with van der Waals surface area (Å²) in [7, 11) is -3.99. The number of halogens is 2. The van der Waals surface area contributed by atoms with E-state index >= 15 is 0 Å². The van der Waals surface area contributed by atoms with Crippen molar-refractivity contribution in [2.24, 2.45) is 5.92 Å². The SMILES string of the molecule is CCCCC(CC)CS(=O)(=O)c1c(F)cc(N)cc1F. The van der Waals surface area contributed by atoms with E-state index in [0.29, 0.717) is 6.42 Å². The molecule has 1 unspecified atom stereocenters. The molecule has 0 fully saturated rings. The number of hydrogen-bond donors (Lipinski definition) is 1. The average Bonchev–Trinajstić information content (AvgIpc) is 2.32. The van der Waals surface area contributed by atoms with Crippen molar-refractivity contribution in [3.63, 3.8) is 0 Å². The Morgan fingerprint density at radius 2 is 1.75 bits per heavy atom. The van der Waals surface area contributed by atoms with Crippen molar-refractivity contribution in [1.82, 2.24) is 0 Å². The lowest BCUT2D eigenvalue weighted by molar-refractivity contribution is 0.475. The van der Waals surface area contributed by atoms with E-state index in [-0.39, 0.29) is 17.4 Å². The van der Waals surface area contributed by atoms with E-state index in [1.165, 1.54) is 0 Å². The fraction of sp³-hybridized carbons (Fsp3) is 0.571. The van der Waals surface area contributed by atoms with Crippen LogP contribution in [-0.4, -0.2) is 14.2 Å². The number of sulfone groups is 1. The van der Waals surface area contributed by atoms with Crippen LogP contribution in [0.5, 0.6) is 0 Å². The minimum atomic E-state index is -3.99. The zero-order valence-corrected chi connectivity index (χ0v) is 12.6. The Kier molecular flexibility index (Phi) is 5.92. The predicted molar refractivity (Wildman–Crippen MR) is 76.1 cm³/mol. The van der Waals surface area contributed by atoms with Crippen molar-refractivity contribution in [1.29, 1.82) is 0 Å². The second kappa shape index (κ2) is 7.02. The predicted octanol–water partition coefficient (Wildman–Crippen LogP) is 3.54. The zero-order chi connectivity index (χ0) is 15.3. The Morgan fingerprint density at radius 3 is 2.20 bits per heavy atom. The molecule has 6 heteroatoms. The highest BCUT2D eigenvalue weighted by Crippen LogP contribution is 2.26. The van der Waals surface area contributed by atoms with Gasteiger partial charge in [-0.2, -0.15) is 0 Å². The first-order valence-electron chi connectivity index (χ1n) is 6.79. The molecule has 1 aromatic rings. The summed E-state index contributed by atoms with van der Waals surface area (Å²) in [6.07, 6.45) is 3.27. The van der Waals surface area contributed by atoms with Gasteiger partial charge in [-0.3, -0.25) is 0 Å². The molecule has 1 atom stereocenters. The Bertz CT molecular complexity index is 535. The first-order chi connectivity index (χ1) is 9.31. The second-order valence-corrected chi connectivity index (χ2v) is 6.98. The fourth-order valence-corrected chi connectivity index (χ4v) is 4.07. The van der Waals surface area contributed by atoms with Gasteiger partial charge in [0.1, 0.15) is 16.5 Å². The smallest absolute Gasteiger partial charge is 0.184 e. The van der Waals surface area contributed by atoms with Crippen LogP contribution >= 0.6 is 0 Å². The molecule has 114 valence electrons. The van der Waals surface area contributed by atoms with Crippen molar-refractivity contribution in [3.8, 4) is 0 Å². The summed E-state index contributed by atoms with van der Waals surface area (Å²) in [4.78, 5) is -0.860. The number of anilines is 1. The van der Waals surface area contributed by atoms with E-state index in [1.807, 2.05) is 13.8 Å². The van der Waals surface area contributed by atoms with Crippen molar-refractivity contribution in [2.45, 2.75) is 44.4 Å². The largest absolute Gasteiger partial charge is 0.399 e. The fourth-order valence-electron chi connectivity index (χ4n) is 2.17. The van der Waals surface area contributed by atoms with Crippen LogP contribution in [0.3, 0.4) is 0 Å². The van der Waals surface area contributed by atoms with Crippen LogP contribution < -0.4 is 5.73 Å². The molecule has 0 aliphatic rings. The van der Waals surface area contributed by atoms with Crippen molar-refractivity contribution < 1.29 is 17.2 Å². The molecule has 0 heterocycles. The Hall–Kier alpha value is -1.17. The number of hydrogen-bond acceptors (Lipinski definition) is 3. The number of rotatable bonds is 7. The van der Waals surface area contributed by atoms with Gasteiger partial charge in [-0.25, -0.2) is 17.2 Å². The molecule has 0 aliphatic heterocycles.